The van der Waals surface area contributed by atoms with Crippen LogP contribution in [0, 0.1) is 0 Å². The van der Waals surface area contributed by atoms with E-state index in [1.807, 2.05) is 17.1 Å². The summed E-state index contributed by atoms with van der Waals surface area (Å²) in [5.74, 6) is 1.29. The highest BCUT2D eigenvalue weighted by Crippen LogP contribution is 2.42. The predicted octanol–water partition coefficient (Wildman–Crippen LogP) is 4.23. The molecular formula is C21H29NO4. The average molecular weight is 359 g/mol. The van der Waals surface area contributed by atoms with Gasteiger partial charge in [0, 0.05) is 6.54 Å². The topological polar surface area (TPSA) is 48.0 Å². The van der Waals surface area contributed by atoms with Crippen molar-refractivity contribution in [2.24, 2.45) is 0 Å². The highest BCUT2D eigenvalue weighted by Gasteiger charge is 2.41. The van der Waals surface area contributed by atoms with Gasteiger partial charge in [-0.3, -0.25) is 4.79 Å². The van der Waals surface area contributed by atoms with E-state index in [0.717, 1.165) is 32.1 Å². The lowest BCUT2D eigenvalue weighted by Gasteiger charge is -2.47. The van der Waals surface area contributed by atoms with Crippen LogP contribution in [0.5, 0.6) is 17.2 Å². The highest BCUT2D eigenvalue weighted by atomic mass is 16.5. The summed E-state index contributed by atoms with van der Waals surface area (Å²) in [6.45, 7) is 8.50. The zero-order valence-corrected chi connectivity index (χ0v) is 16.0. The van der Waals surface area contributed by atoms with E-state index in [9.17, 15) is 4.79 Å². The third kappa shape index (κ3) is 3.57. The minimum absolute atomic E-state index is 0.0637. The minimum atomic E-state index is -0.281. The van der Waals surface area contributed by atoms with Gasteiger partial charge in [0.2, 0.25) is 5.75 Å². The van der Waals surface area contributed by atoms with Gasteiger partial charge in [0.25, 0.3) is 5.91 Å². The molecule has 0 N–H and O–H groups in total. The van der Waals surface area contributed by atoms with Gasteiger partial charge in [-0.15, -0.1) is 13.2 Å². The molecule has 1 aromatic rings. The molecule has 0 spiro atoms. The van der Waals surface area contributed by atoms with Crippen molar-refractivity contribution in [3.8, 4) is 17.2 Å². The second-order valence-corrected chi connectivity index (χ2v) is 6.51. The molecule has 1 fully saturated rings. The third-order valence-corrected chi connectivity index (χ3v) is 5.07. The van der Waals surface area contributed by atoms with Crippen molar-refractivity contribution in [2.75, 3.05) is 27.9 Å². The molecular weight excluding hydrogens is 330 g/mol. The third-order valence-electron chi connectivity index (χ3n) is 5.07. The Labute approximate surface area is 156 Å². The molecule has 0 saturated carbocycles. The first kappa shape index (κ1) is 19.9. The first-order valence-corrected chi connectivity index (χ1v) is 8.91. The van der Waals surface area contributed by atoms with E-state index in [4.69, 9.17) is 14.2 Å². The van der Waals surface area contributed by atoms with Gasteiger partial charge in [0.05, 0.1) is 32.4 Å². The zero-order chi connectivity index (χ0) is 19.2. The maximum atomic E-state index is 13.5. The molecule has 1 aliphatic heterocycles. The number of hydrogen-bond acceptors (Lipinski definition) is 4. The predicted molar refractivity (Wildman–Crippen MR) is 103 cm³/mol. The summed E-state index contributed by atoms with van der Waals surface area (Å²) < 4.78 is 16.3. The molecule has 2 rings (SSSR count). The van der Waals surface area contributed by atoms with E-state index in [-0.39, 0.29) is 11.4 Å². The number of piperidine rings is 1. The van der Waals surface area contributed by atoms with Crippen molar-refractivity contribution >= 4 is 5.91 Å². The Hall–Kier alpha value is -2.43. The molecule has 142 valence electrons. The number of benzene rings is 1. The Morgan fingerprint density at radius 3 is 2.27 bits per heavy atom. The standard InChI is InChI=1S/C21H29NO4/c1-6-12-21(13-7-2)14-8-9-15-22(21)20(23)16-10-11-17(24-3)19(26-5)18(16)25-4/h6-7,10-11H,1-2,8-9,12-15H2,3-5H3. The van der Waals surface area contributed by atoms with Crippen molar-refractivity contribution in [3.05, 3.63) is 43.0 Å². The van der Waals surface area contributed by atoms with Gasteiger partial charge in [0.1, 0.15) is 0 Å². The van der Waals surface area contributed by atoms with Crippen LogP contribution in [-0.2, 0) is 0 Å². The Bertz CT molecular complexity index is 658. The van der Waals surface area contributed by atoms with E-state index >= 15 is 0 Å². The fourth-order valence-electron chi connectivity index (χ4n) is 3.87. The Morgan fingerprint density at radius 2 is 1.73 bits per heavy atom. The van der Waals surface area contributed by atoms with Crippen LogP contribution < -0.4 is 14.2 Å². The van der Waals surface area contributed by atoms with Crippen LogP contribution in [0.15, 0.2) is 37.4 Å². The van der Waals surface area contributed by atoms with Crippen molar-refractivity contribution in [3.63, 3.8) is 0 Å². The van der Waals surface area contributed by atoms with E-state index in [0.29, 0.717) is 29.4 Å². The molecule has 0 aliphatic carbocycles. The maximum Gasteiger partial charge on any atom is 0.258 e. The van der Waals surface area contributed by atoms with Crippen LogP contribution in [-0.4, -0.2) is 44.2 Å². The molecule has 1 heterocycles. The minimum Gasteiger partial charge on any atom is -0.493 e. The van der Waals surface area contributed by atoms with Crippen molar-refractivity contribution in [1.29, 1.82) is 0 Å². The lowest BCUT2D eigenvalue weighted by atomic mass is 9.80. The van der Waals surface area contributed by atoms with Gasteiger partial charge >= 0.3 is 0 Å². The molecule has 5 nitrogen and oxygen atoms in total. The summed E-state index contributed by atoms with van der Waals surface area (Å²) in [5, 5.41) is 0. The Morgan fingerprint density at radius 1 is 1.08 bits per heavy atom. The molecule has 0 bridgehead atoms. The molecule has 0 atom stereocenters. The zero-order valence-electron chi connectivity index (χ0n) is 16.0. The van der Waals surface area contributed by atoms with E-state index in [1.165, 1.54) is 14.2 Å². The summed E-state index contributed by atoms with van der Waals surface area (Å²) in [6.07, 6.45) is 8.26. The summed E-state index contributed by atoms with van der Waals surface area (Å²) in [4.78, 5) is 15.5. The van der Waals surface area contributed by atoms with Gasteiger partial charge in [-0.05, 0) is 44.2 Å². The van der Waals surface area contributed by atoms with Crippen LogP contribution in [0.1, 0.15) is 42.5 Å². The number of amides is 1. The van der Waals surface area contributed by atoms with E-state index < -0.39 is 0 Å². The van der Waals surface area contributed by atoms with Crippen LogP contribution in [0.2, 0.25) is 0 Å². The summed E-state index contributed by atoms with van der Waals surface area (Å²) in [6, 6.07) is 3.48. The number of likely N-dealkylation sites (tertiary alicyclic amines) is 1. The lowest BCUT2D eigenvalue weighted by molar-refractivity contribution is 0.0327. The Kier molecular flexibility index (Phi) is 6.72. The monoisotopic (exact) mass is 359 g/mol. The summed E-state index contributed by atoms with van der Waals surface area (Å²) in [5.41, 5.74) is 0.196. The first-order chi connectivity index (χ1) is 12.6. The average Bonchev–Trinajstić information content (AvgIpc) is 2.66. The second-order valence-electron chi connectivity index (χ2n) is 6.51. The fourth-order valence-corrected chi connectivity index (χ4v) is 3.87. The second kappa shape index (κ2) is 8.79. The molecule has 1 aromatic carbocycles. The number of rotatable bonds is 8. The normalized spacial score (nSPS) is 15.9. The molecule has 0 unspecified atom stereocenters. The van der Waals surface area contributed by atoms with E-state index in [2.05, 4.69) is 13.2 Å². The van der Waals surface area contributed by atoms with Crippen LogP contribution >= 0.6 is 0 Å². The maximum absolute atomic E-state index is 13.5. The van der Waals surface area contributed by atoms with Gasteiger partial charge in [-0.1, -0.05) is 12.2 Å². The van der Waals surface area contributed by atoms with E-state index in [1.54, 1.807) is 19.2 Å². The van der Waals surface area contributed by atoms with Crippen molar-refractivity contribution in [1.82, 2.24) is 4.90 Å². The molecule has 26 heavy (non-hydrogen) atoms. The number of hydrogen-bond donors (Lipinski definition) is 0. The molecule has 1 saturated heterocycles. The fraction of sp³-hybridized carbons (Fsp3) is 0.476. The lowest BCUT2D eigenvalue weighted by Crippen LogP contribution is -2.54. The number of methoxy groups -OCH3 is 3. The SMILES string of the molecule is C=CCC1(CC=C)CCCCN1C(=O)c1ccc(OC)c(OC)c1OC. The largest absolute Gasteiger partial charge is 0.493 e. The molecule has 1 amide bonds. The number of carbonyl (C=O) groups excluding carboxylic acids is 1. The van der Waals surface area contributed by atoms with Crippen LogP contribution in [0.25, 0.3) is 0 Å². The Balaban J connectivity index is 2.51. The highest BCUT2D eigenvalue weighted by molar-refractivity contribution is 5.99. The van der Waals surface area contributed by atoms with Gasteiger partial charge in [-0.2, -0.15) is 0 Å². The van der Waals surface area contributed by atoms with Crippen LogP contribution in [0.3, 0.4) is 0 Å². The van der Waals surface area contributed by atoms with Gasteiger partial charge in [-0.25, -0.2) is 0 Å². The van der Waals surface area contributed by atoms with Crippen LogP contribution in [0.4, 0.5) is 0 Å². The van der Waals surface area contributed by atoms with Crippen molar-refractivity contribution in [2.45, 2.75) is 37.6 Å². The number of nitrogens with zero attached hydrogens (tertiary/aromatic N) is 1. The quantitative estimate of drug-likeness (QED) is 0.652. The molecule has 5 heteroatoms. The first-order valence-electron chi connectivity index (χ1n) is 8.91. The summed E-state index contributed by atoms with van der Waals surface area (Å²) in [7, 11) is 4.63. The smallest absolute Gasteiger partial charge is 0.258 e. The van der Waals surface area contributed by atoms with Crippen molar-refractivity contribution < 1.29 is 19.0 Å². The summed E-state index contributed by atoms with van der Waals surface area (Å²) >= 11 is 0. The molecule has 0 aromatic heterocycles. The van der Waals surface area contributed by atoms with Gasteiger partial charge < -0.3 is 19.1 Å². The number of carbonyl (C=O) groups is 1. The number of ether oxygens (including phenoxy) is 3. The molecule has 0 radical (unpaired) electrons. The molecule has 1 aliphatic rings. The van der Waals surface area contributed by atoms with Gasteiger partial charge in [0.15, 0.2) is 11.5 Å².